The molecule has 2 heteroatoms. The quantitative estimate of drug-likeness (QED) is 0.449. The molecule has 0 saturated carbocycles. The fraction of sp³-hybridized carbons (Fsp3) is 0.818. The standard InChI is InChI=1S/C11H25NSi/c1-5-7-12(6-2)8-9-13-10-11(3)4/h10H,5-9,13H2,1-4H3. The average molecular weight is 199 g/mol. The van der Waals surface area contributed by atoms with Crippen molar-refractivity contribution in [1.29, 1.82) is 0 Å². The van der Waals surface area contributed by atoms with Crippen LogP contribution in [0.4, 0.5) is 0 Å². The van der Waals surface area contributed by atoms with Gasteiger partial charge in [-0.1, -0.05) is 19.4 Å². The highest BCUT2D eigenvalue weighted by Crippen LogP contribution is 1.95. The molecule has 0 fully saturated rings. The second kappa shape index (κ2) is 8.51. The van der Waals surface area contributed by atoms with Gasteiger partial charge in [0.1, 0.15) is 0 Å². The molecule has 0 rings (SSSR count). The summed E-state index contributed by atoms with van der Waals surface area (Å²) in [7, 11) is 0.0910. The molecule has 0 amide bonds. The van der Waals surface area contributed by atoms with Crippen molar-refractivity contribution in [3.8, 4) is 0 Å². The SMILES string of the molecule is CCCN(CC)CC[SiH2]C=C(C)C. The molecular weight excluding hydrogens is 174 g/mol. The van der Waals surface area contributed by atoms with Gasteiger partial charge >= 0.3 is 0 Å². The zero-order valence-electron chi connectivity index (χ0n) is 9.77. The van der Waals surface area contributed by atoms with Crippen molar-refractivity contribution in [2.24, 2.45) is 0 Å². The van der Waals surface area contributed by atoms with Crippen LogP contribution in [0.1, 0.15) is 34.1 Å². The molecule has 0 aromatic heterocycles. The molecular formula is C11H25NSi. The largest absolute Gasteiger partial charge is 0.304 e. The molecule has 0 bridgehead atoms. The van der Waals surface area contributed by atoms with Gasteiger partial charge < -0.3 is 4.90 Å². The summed E-state index contributed by atoms with van der Waals surface area (Å²) in [5.74, 6) is 0. The summed E-state index contributed by atoms with van der Waals surface area (Å²) in [5, 5.41) is 0. The maximum Gasteiger partial charge on any atom is 0.0465 e. The van der Waals surface area contributed by atoms with Crippen LogP contribution < -0.4 is 0 Å². The molecule has 0 aliphatic heterocycles. The first-order chi connectivity index (χ1) is 6.20. The van der Waals surface area contributed by atoms with Gasteiger partial charge in [0.15, 0.2) is 0 Å². The van der Waals surface area contributed by atoms with Crippen molar-refractivity contribution in [2.75, 3.05) is 19.6 Å². The number of allylic oxidation sites excluding steroid dienone is 1. The molecule has 78 valence electrons. The van der Waals surface area contributed by atoms with E-state index in [4.69, 9.17) is 0 Å². The van der Waals surface area contributed by atoms with Gasteiger partial charge in [-0.2, -0.15) is 0 Å². The lowest BCUT2D eigenvalue weighted by atomic mass is 10.4. The maximum atomic E-state index is 2.56. The number of nitrogens with zero attached hydrogens (tertiary/aromatic N) is 1. The summed E-state index contributed by atoms with van der Waals surface area (Å²) in [6, 6.07) is 1.44. The average Bonchev–Trinajstić information content (AvgIpc) is 2.10. The van der Waals surface area contributed by atoms with E-state index in [-0.39, 0.29) is 9.52 Å². The van der Waals surface area contributed by atoms with Crippen LogP contribution in [0.5, 0.6) is 0 Å². The second-order valence-corrected chi connectivity index (χ2v) is 5.55. The normalized spacial score (nSPS) is 11.5. The molecule has 0 aliphatic rings. The van der Waals surface area contributed by atoms with Gasteiger partial charge in [0.05, 0.1) is 0 Å². The van der Waals surface area contributed by atoms with E-state index in [1.807, 2.05) is 0 Å². The first-order valence-corrected chi connectivity index (χ1v) is 7.38. The minimum absolute atomic E-state index is 0.0910. The van der Waals surface area contributed by atoms with E-state index in [1.54, 1.807) is 0 Å². The Kier molecular flexibility index (Phi) is 8.46. The molecule has 0 saturated heterocycles. The van der Waals surface area contributed by atoms with Crippen molar-refractivity contribution in [3.05, 3.63) is 11.3 Å². The summed E-state index contributed by atoms with van der Waals surface area (Å²) in [4.78, 5) is 2.56. The summed E-state index contributed by atoms with van der Waals surface area (Å²) in [5.41, 5.74) is 3.98. The molecule has 0 aromatic carbocycles. The molecule has 0 unspecified atom stereocenters. The lowest BCUT2D eigenvalue weighted by molar-refractivity contribution is 0.304. The van der Waals surface area contributed by atoms with Gasteiger partial charge in [-0.25, -0.2) is 0 Å². The van der Waals surface area contributed by atoms with Crippen LogP contribution in [0, 0.1) is 0 Å². The Balaban J connectivity index is 3.43. The molecule has 0 radical (unpaired) electrons. The highest BCUT2D eigenvalue weighted by molar-refractivity contribution is 6.42. The van der Waals surface area contributed by atoms with E-state index >= 15 is 0 Å². The van der Waals surface area contributed by atoms with Crippen molar-refractivity contribution in [2.45, 2.75) is 40.2 Å². The molecule has 0 spiro atoms. The van der Waals surface area contributed by atoms with E-state index in [2.05, 4.69) is 38.3 Å². The predicted molar refractivity (Wildman–Crippen MR) is 65.2 cm³/mol. The molecule has 1 nitrogen and oxygen atoms in total. The first-order valence-electron chi connectivity index (χ1n) is 5.56. The van der Waals surface area contributed by atoms with Crippen molar-refractivity contribution in [3.63, 3.8) is 0 Å². The Bertz CT molecular complexity index is 139. The Labute approximate surface area is 86.0 Å². The van der Waals surface area contributed by atoms with Crippen LogP contribution in [0.2, 0.25) is 6.04 Å². The van der Waals surface area contributed by atoms with Crippen LogP contribution in [0.25, 0.3) is 0 Å². The summed E-state index contributed by atoms with van der Waals surface area (Å²) in [6.07, 6.45) is 1.29. The molecule has 0 N–H and O–H groups in total. The van der Waals surface area contributed by atoms with Gasteiger partial charge in [0.25, 0.3) is 0 Å². The highest BCUT2D eigenvalue weighted by atomic mass is 28.2. The molecule has 0 atom stereocenters. The minimum atomic E-state index is 0.0910. The van der Waals surface area contributed by atoms with E-state index in [0.717, 1.165) is 0 Å². The summed E-state index contributed by atoms with van der Waals surface area (Å²) >= 11 is 0. The van der Waals surface area contributed by atoms with E-state index < -0.39 is 0 Å². The number of hydrogen-bond acceptors (Lipinski definition) is 1. The Hall–Kier alpha value is -0.0831. The summed E-state index contributed by atoms with van der Waals surface area (Å²) in [6.45, 7) is 12.7. The van der Waals surface area contributed by atoms with Crippen LogP contribution in [-0.2, 0) is 0 Å². The fourth-order valence-corrected chi connectivity index (χ4v) is 2.86. The second-order valence-electron chi connectivity index (χ2n) is 3.86. The predicted octanol–water partition coefficient (Wildman–Crippen LogP) is 2.23. The number of hydrogen-bond donors (Lipinski definition) is 0. The van der Waals surface area contributed by atoms with E-state index in [9.17, 15) is 0 Å². The van der Waals surface area contributed by atoms with Crippen molar-refractivity contribution < 1.29 is 0 Å². The topological polar surface area (TPSA) is 3.24 Å². The molecule has 0 heterocycles. The van der Waals surface area contributed by atoms with Gasteiger partial charge in [-0.05, 0) is 45.9 Å². The number of rotatable bonds is 7. The minimum Gasteiger partial charge on any atom is -0.304 e. The third kappa shape index (κ3) is 8.25. The molecule has 13 heavy (non-hydrogen) atoms. The first kappa shape index (κ1) is 12.9. The van der Waals surface area contributed by atoms with Gasteiger partial charge in [-0.15, -0.1) is 5.70 Å². The van der Waals surface area contributed by atoms with Crippen LogP contribution >= 0.6 is 0 Å². The van der Waals surface area contributed by atoms with Crippen molar-refractivity contribution >= 4 is 9.52 Å². The monoisotopic (exact) mass is 199 g/mol. The Morgan fingerprint density at radius 1 is 1.23 bits per heavy atom. The maximum absolute atomic E-state index is 2.56. The fourth-order valence-electron chi connectivity index (χ4n) is 1.45. The lowest BCUT2D eigenvalue weighted by Gasteiger charge is -2.18. The van der Waals surface area contributed by atoms with Crippen LogP contribution in [0.3, 0.4) is 0 Å². The summed E-state index contributed by atoms with van der Waals surface area (Å²) < 4.78 is 0. The van der Waals surface area contributed by atoms with E-state index in [1.165, 1.54) is 37.7 Å². The van der Waals surface area contributed by atoms with Gasteiger partial charge in [0, 0.05) is 9.52 Å². The Morgan fingerprint density at radius 2 is 1.92 bits per heavy atom. The molecule has 0 aliphatic carbocycles. The third-order valence-electron chi connectivity index (χ3n) is 2.22. The zero-order valence-corrected chi connectivity index (χ0v) is 11.2. The third-order valence-corrected chi connectivity index (χ3v) is 4.05. The Morgan fingerprint density at radius 3 is 2.38 bits per heavy atom. The van der Waals surface area contributed by atoms with Gasteiger partial charge in [-0.3, -0.25) is 0 Å². The molecule has 0 aromatic rings. The van der Waals surface area contributed by atoms with Crippen LogP contribution in [0.15, 0.2) is 11.3 Å². The van der Waals surface area contributed by atoms with Crippen molar-refractivity contribution in [1.82, 2.24) is 4.90 Å². The smallest absolute Gasteiger partial charge is 0.0465 e. The van der Waals surface area contributed by atoms with E-state index in [0.29, 0.717) is 0 Å². The van der Waals surface area contributed by atoms with Gasteiger partial charge in [0.2, 0.25) is 0 Å². The lowest BCUT2D eigenvalue weighted by Crippen LogP contribution is -2.25. The highest BCUT2D eigenvalue weighted by Gasteiger charge is 1.98. The zero-order chi connectivity index (χ0) is 10.1. The van der Waals surface area contributed by atoms with Crippen LogP contribution in [-0.4, -0.2) is 34.1 Å².